The normalized spacial score (nSPS) is 18.4. The summed E-state index contributed by atoms with van der Waals surface area (Å²) in [4.78, 5) is 77.4. The molecule has 0 spiro atoms. The molecule has 35 heteroatoms. The number of carbonyl (C=O) groups is 4. The molecule has 8 aromatic carbocycles. The van der Waals surface area contributed by atoms with Crippen LogP contribution in [0.4, 0.5) is 46.5 Å². The summed E-state index contributed by atoms with van der Waals surface area (Å²) in [6.45, 7) is 7.31. The molecule has 1 saturated carbocycles. The number of rotatable bonds is 13. The number of nitriles is 3. The van der Waals surface area contributed by atoms with Gasteiger partial charge in [0.05, 0.1) is 70.0 Å². The molecular weight excluding hydrogens is 1930 g/mol. The minimum atomic E-state index is -4.21. The molecule has 4 aliphatic heterocycles. The smallest absolute Gasteiger partial charge is 1.00 e. The molecule has 4 aromatic heterocycles. The van der Waals surface area contributed by atoms with Gasteiger partial charge in [-0.15, -0.1) is 0 Å². The van der Waals surface area contributed by atoms with Crippen molar-refractivity contribution in [3.8, 4) is 18.2 Å². The number of carbonyl (C=O) groups excluding carboxylic acids is 4. The monoisotopic (exact) mass is 1990 g/mol. The van der Waals surface area contributed by atoms with Crippen LogP contribution in [0.15, 0.2) is 217 Å². The van der Waals surface area contributed by atoms with Gasteiger partial charge in [0.15, 0.2) is 5.03 Å². The van der Waals surface area contributed by atoms with Crippen LogP contribution in [0.2, 0.25) is 40.2 Å². The summed E-state index contributed by atoms with van der Waals surface area (Å²) in [7, 11) is 1.44. The summed E-state index contributed by atoms with van der Waals surface area (Å²) in [5.41, 5.74) is 3.56. The zero-order valence-corrected chi connectivity index (χ0v) is 76.7. The standard InChI is InChI=1S/C20H13Cl3N4O3S.C20H13Cl2IN4O.C20H14Cl2N4O.C19H14BrCl2N3O.C5H9.ClH.Mg/c1-20(9-12-2-4-13(10-24)5-3-12)18(28)26(16-7-14(21)6-15(22)8-16)19-25-11-17(27(19)20)31(23,29)30;1-20(9-12-2-4-13(10-24)5-3-12)18(28)26(19-25-11-17(23)27(19)20)16-7-14(21)6-15(22)8-16;1-20(11-13-2-4-14(12-23)5-3-13)18(27)26(19-24-6-7-25(19)20)17-9-15(21)8-16(22)10-17;1-19(11-12-2-4-13(20)5-3-12)17(26)25(18-23-6-7-24(18)19)16-9-14(21)8-15(22)10-16;1-2-4-5-3-1;;/h2-8,11H,9H2,1H3;2-8,11H,9H2,1H3;2-10H,11H2,1H3;2-10H,11H2,1H3;1H,2-5H2;1H;/q;;;;-1;;+2/p-1/t3*20-;19-;;;/m1111.../s1. The predicted molar refractivity (Wildman–Crippen MR) is 475 cm³/mol. The second-order valence-corrected chi connectivity index (χ2v) is 36.6. The molecule has 0 N–H and O–H groups in total. The van der Waals surface area contributed by atoms with Gasteiger partial charge in [0.1, 0.15) is 25.9 Å². The summed E-state index contributed by atoms with van der Waals surface area (Å²) in [5, 5.41) is 30.0. The van der Waals surface area contributed by atoms with Crippen LogP contribution >= 0.6 is 142 Å². The number of halogens is 12. The van der Waals surface area contributed by atoms with Crippen molar-refractivity contribution in [2.24, 2.45) is 0 Å². The number of imidazole rings is 4. The van der Waals surface area contributed by atoms with Crippen molar-refractivity contribution in [3.05, 3.63) is 301 Å². The molecule has 0 bridgehead atoms. The molecule has 119 heavy (non-hydrogen) atoms. The number of hydrogen-bond acceptors (Lipinski definition) is 13. The first-order valence-electron chi connectivity index (χ1n) is 35.8. The van der Waals surface area contributed by atoms with E-state index in [4.69, 9.17) is 119 Å². The van der Waals surface area contributed by atoms with Gasteiger partial charge in [-0.25, -0.2) is 48.0 Å². The Kier molecular flexibility index (Phi) is 28.9. The molecule has 17 rings (SSSR count). The molecule has 5 aliphatic rings. The van der Waals surface area contributed by atoms with Crippen molar-refractivity contribution in [1.29, 1.82) is 15.8 Å². The van der Waals surface area contributed by atoms with Crippen LogP contribution in [0.1, 0.15) is 92.3 Å². The second-order valence-electron chi connectivity index (χ2n) is 28.6. The van der Waals surface area contributed by atoms with E-state index in [2.05, 4.69) is 77.0 Å². The van der Waals surface area contributed by atoms with Gasteiger partial charge in [0, 0.05) is 106 Å². The summed E-state index contributed by atoms with van der Waals surface area (Å²) in [6, 6.07) is 55.1. The maximum atomic E-state index is 13.7. The molecule has 1 fully saturated rings. The molecule has 0 unspecified atom stereocenters. The third-order valence-electron chi connectivity index (χ3n) is 20.3. The van der Waals surface area contributed by atoms with Crippen LogP contribution in [0.25, 0.3) is 0 Å². The molecule has 602 valence electrons. The number of fused-ring (bicyclic) bond motifs is 4. The zero-order valence-electron chi connectivity index (χ0n) is 63.2. The number of anilines is 8. The van der Waals surface area contributed by atoms with Gasteiger partial charge >= 0.3 is 23.1 Å². The Morgan fingerprint density at radius 3 is 1.01 bits per heavy atom. The van der Waals surface area contributed by atoms with E-state index in [1.807, 2.05) is 95.3 Å². The Morgan fingerprint density at radius 1 is 0.429 bits per heavy atom. The summed E-state index contributed by atoms with van der Waals surface area (Å²) in [5.74, 6) is 0.969. The molecule has 0 radical (unpaired) electrons. The predicted octanol–water partition coefficient (Wildman–Crippen LogP) is 18.6. The van der Waals surface area contributed by atoms with Gasteiger partial charge < -0.3 is 28.0 Å². The molecule has 21 nitrogen and oxygen atoms in total. The van der Waals surface area contributed by atoms with E-state index in [0.29, 0.717) is 117 Å². The molecular formula is C84H63BrCl10IMgN15O6S. The van der Waals surface area contributed by atoms with Crippen molar-refractivity contribution in [1.82, 2.24) is 38.2 Å². The summed E-state index contributed by atoms with van der Waals surface area (Å²) in [6.07, 6.45) is 19.4. The fourth-order valence-electron chi connectivity index (χ4n) is 14.7. The largest absolute Gasteiger partial charge is 2.00 e. The van der Waals surface area contributed by atoms with E-state index in [-0.39, 0.29) is 70.6 Å². The summed E-state index contributed by atoms with van der Waals surface area (Å²) >= 11 is 54.7. The Balaban J connectivity index is 0.000000151. The topological polar surface area (TPSA) is 258 Å². The molecule has 4 amide bonds. The first-order valence-corrected chi connectivity index (χ1v) is 43.0. The summed E-state index contributed by atoms with van der Waals surface area (Å²) < 4.78 is 33.3. The van der Waals surface area contributed by atoms with Crippen LogP contribution in [-0.2, 0) is 76.1 Å². The van der Waals surface area contributed by atoms with Gasteiger partial charge in [-0.3, -0.25) is 28.3 Å². The van der Waals surface area contributed by atoms with Crippen LogP contribution in [0, 0.1) is 44.1 Å². The number of hydrogen-bond donors (Lipinski definition) is 0. The van der Waals surface area contributed by atoms with Gasteiger partial charge in [-0.2, -0.15) is 28.6 Å². The van der Waals surface area contributed by atoms with Crippen LogP contribution < -0.4 is 32.0 Å². The van der Waals surface area contributed by atoms with Gasteiger partial charge in [-0.05, 0) is 194 Å². The van der Waals surface area contributed by atoms with Crippen LogP contribution in [0.3, 0.4) is 0 Å². The van der Waals surface area contributed by atoms with Crippen LogP contribution in [-0.4, -0.2) is 93.3 Å². The average Bonchev–Trinajstić information content (AvgIpc) is 1.56. The maximum absolute atomic E-state index is 13.7. The minimum absolute atomic E-state index is 0. The fraction of sp³-hybridized carbons (Fsp3) is 0.190. The van der Waals surface area contributed by atoms with E-state index in [1.165, 1.54) is 53.3 Å². The molecule has 4 atom stereocenters. The van der Waals surface area contributed by atoms with Gasteiger partial charge in [0.25, 0.3) is 32.7 Å². The third-order valence-corrected chi connectivity index (χ3v) is 24.6. The number of amides is 4. The van der Waals surface area contributed by atoms with Gasteiger partial charge in [-0.1, -0.05) is 170 Å². The Bertz CT molecular complexity index is 6070. The quantitative estimate of drug-likeness (QED) is 0.0451. The fourth-order valence-corrected chi connectivity index (χ4v) is 18.9. The van der Waals surface area contributed by atoms with E-state index in [1.54, 1.807) is 150 Å². The van der Waals surface area contributed by atoms with Crippen molar-refractivity contribution in [3.63, 3.8) is 0 Å². The first-order chi connectivity index (χ1) is 55.7. The zero-order chi connectivity index (χ0) is 83.8. The SMILES string of the molecule is C[C@@]1(Cc2ccc(Br)cc2)C(=O)N(c2cc(Cl)cc(Cl)c2)c2nccn21.C[C@@]1(Cc2ccc(C#N)cc2)C(=O)N(c2cc(Cl)cc(Cl)c2)c2ncc(I)n21.C[C@@]1(Cc2ccc(C#N)cc2)C(=O)N(c2cc(Cl)cc(Cl)c2)c2ncc(S(=O)(=O)Cl)n21.C[C@@]1(Cc2ccc(C#N)cc2)C(=O)N(c2cc(Cl)cc(Cl)c2)c2nccn21.[CH-]1CCCC1.[Cl-].[Mg+2]. The van der Waals surface area contributed by atoms with E-state index < -0.39 is 37.1 Å². The average molecular weight is 2000 g/mol. The molecule has 12 aromatic rings. The Morgan fingerprint density at radius 2 is 0.706 bits per heavy atom. The first kappa shape index (κ1) is 91.5. The van der Waals surface area contributed by atoms with Crippen molar-refractivity contribution in [2.45, 2.75) is 106 Å². The third kappa shape index (κ3) is 19.0. The molecule has 1 aliphatic carbocycles. The van der Waals surface area contributed by atoms with E-state index >= 15 is 0 Å². The minimum Gasteiger partial charge on any atom is -1.00 e. The maximum Gasteiger partial charge on any atom is 2.00 e. The van der Waals surface area contributed by atoms with Crippen LogP contribution in [0.5, 0.6) is 0 Å². The number of nitrogens with zero attached hydrogens (tertiary/aromatic N) is 15. The van der Waals surface area contributed by atoms with Gasteiger partial charge in [0.2, 0.25) is 23.8 Å². The number of benzene rings is 8. The molecule has 8 heterocycles. The van der Waals surface area contributed by atoms with Crippen molar-refractivity contribution in [2.75, 3.05) is 19.6 Å². The molecule has 0 saturated heterocycles. The van der Waals surface area contributed by atoms with Crippen molar-refractivity contribution >= 4 is 244 Å². The van der Waals surface area contributed by atoms with Crippen molar-refractivity contribution < 1.29 is 40.0 Å². The Hall–Kier alpha value is -8.22. The Labute approximate surface area is 775 Å². The van der Waals surface area contributed by atoms with E-state index in [0.717, 1.165) is 36.6 Å². The number of aromatic nitrogens is 8. The second kappa shape index (κ2) is 37.6. The van der Waals surface area contributed by atoms with E-state index in [9.17, 15) is 27.6 Å².